The monoisotopic (exact) mass is 368 g/mol. The van der Waals surface area contributed by atoms with Gasteiger partial charge in [-0.05, 0) is 29.8 Å². The Kier molecular flexibility index (Phi) is 6.78. The van der Waals surface area contributed by atoms with Crippen molar-refractivity contribution in [2.45, 2.75) is 19.0 Å². The van der Waals surface area contributed by atoms with Gasteiger partial charge in [0.1, 0.15) is 0 Å². The third-order valence-electron chi connectivity index (χ3n) is 4.14. The number of hydrogen-bond acceptors (Lipinski definition) is 4. The summed E-state index contributed by atoms with van der Waals surface area (Å²) in [6.45, 7) is 2.43. The summed E-state index contributed by atoms with van der Waals surface area (Å²) in [5.74, 6) is -0.0295. The van der Waals surface area contributed by atoms with Crippen molar-refractivity contribution in [1.82, 2.24) is 10.6 Å². The zero-order valence-corrected chi connectivity index (χ0v) is 15.0. The Labute approximate surface area is 158 Å². The molecule has 0 aromatic heterocycles. The van der Waals surface area contributed by atoms with E-state index in [9.17, 15) is 9.59 Å². The smallest absolute Gasteiger partial charge is 0.323 e. The van der Waals surface area contributed by atoms with Gasteiger partial charge in [0.05, 0.1) is 13.2 Å². The molecule has 142 valence electrons. The second-order valence-corrected chi connectivity index (χ2v) is 6.35. The number of anilines is 2. The Morgan fingerprint density at radius 2 is 1.81 bits per heavy atom. The summed E-state index contributed by atoms with van der Waals surface area (Å²) in [5, 5.41) is 11.7. The molecule has 4 N–H and O–H groups in total. The van der Waals surface area contributed by atoms with Gasteiger partial charge in [0, 0.05) is 36.9 Å². The molecule has 3 rings (SSSR count). The molecule has 7 heteroatoms. The number of carbonyl (C=O) groups is 2. The number of urea groups is 1. The Morgan fingerprint density at radius 1 is 1.04 bits per heavy atom. The van der Waals surface area contributed by atoms with Crippen LogP contribution in [-0.4, -0.2) is 37.7 Å². The summed E-state index contributed by atoms with van der Waals surface area (Å²) in [4.78, 5) is 24.1. The van der Waals surface area contributed by atoms with E-state index in [1.165, 1.54) is 0 Å². The van der Waals surface area contributed by atoms with Crippen LogP contribution in [0.3, 0.4) is 0 Å². The van der Waals surface area contributed by atoms with Crippen molar-refractivity contribution < 1.29 is 14.3 Å². The largest absolute Gasteiger partial charge is 0.378 e. The Balaban J connectivity index is 1.46. The number of carbonyl (C=O) groups excluding carboxylic acids is 2. The van der Waals surface area contributed by atoms with Gasteiger partial charge >= 0.3 is 6.03 Å². The highest BCUT2D eigenvalue weighted by molar-refractivity contribution is 5.99. The molecule has 1 aliphatic rings. The van der Waals surface area contributed by atoms with E-state index in [-0.39, 0.29) is 18.0 Å². The number of rotatable bonds is 6. The fourth-order valence-corrected chi connectivity index (χ4v) is 2.82. The van der Waals surface area contributed by atoms with Crippen LogP contribution in [0, 0.1) is 0 Å². The molecule has 2 aromatic carbocycles. The minimum Gasteiger partial charge on any atom is -0.378 e. The molecule has 3 amide bonds. The summed E-state index contributed by atoms with van der Waals surface area (Å²) in [6.07, 6.45) is 0.386. The highest BCUT2D eigenvalue weighted by Gasteiger charge is 2.16. The predicted octanol–water partition coefficient (Wildman–Crippen LogP) is 2.33. The Morgan fingerprint density at radius 3 is 2.59 bits per heavy atom. The Hall–Kier alpha value is -2.90. The van der Waals surface area contributed by atoms with Crippen LogP contribution in [0.15, 0.2) is 54.6 Å². The first-order valence-electron chi connectivity index (χ1n) is 8.99. The maximum atomic E-state index is 12.1. The van der Waals surface area contributed by atoms with Crippen LogP contribution in [0.5, 0.6) is 0 Å². The number of amides is 3. The van der Waals surface area contributed by atoms with Crippen molar-refractivity contribution in [2.24, 2.45) is 0 Å². The maximum Gasteiger partial charge on any atom is 0.323 e. The molecule has 1 heterocycles. The lowest BCUT2D eigenvalue weighted by atomic mass is 10.1. The van der Waals surface area contributed by atoms with E-state index >= 15 is 0 Å². The SMILES string of the molecule is O=C(CC1COCCN1)NCc1cccc(NC(=O)Nc2ccccc2)c1. The lowest BCUT2D eigenvalue weighted by Crippen LogP contribution is -2.44. The first-order chi connectivity index (χ1) is 13.2. The van der Waals surface area contributed by atoms with Gasteiger partial charge in [-0.25, -0.2) is 4.79 Å². The highest BCUT2D eigenvalue weighted by Crippen LogP contribution is 2.12. The van der Waals surface area contributed by atoms with E-state index in [4.69, 9.17) is 4.74 Å². The molecule has 2 aromatic rings. The van der Waals surface area contributed by atoms with E-state index in [1.54, 1.807) is 6.07 Å². The predicted molar refractivity (Wildman–Crippen MR) is 105 cm³/mol. The van der Waals surface area contributed by atoms with Crippen molar-refractivity contribution in [3.63, 3.8) is 0 Å². The van der Waals surface area contributed by atoms with Crippen molar-refractivity contribution in [1.29, 1.82) is 0 Å². The summed E-state index contributed by atoms with van der Waals surface area (Å²) >= 11 is 0. The van der Waals surface area contributed by atoms with Gasteiger partial charge < -0.3 is 26.0 Å². The zero-order chi connectivity index (χ0) is 18.9. The van der Waals surface area contributed by atoms with Gasteiger partial charge in [0.25, 0.3) is 0 Å². The van der Waals surface area contributed by atoms with Gasteiger partial charge in [-0.3, -0.25) is 4.79 Å². The van der Waals surface area contributed by atoms with Gasteiger partial charge in [-0.15, -0.1) is 0 Å². The quantitative estimate of drug-likeness (QED) is 0.630. The van der Waals surface area contributed by atoms with Gasteiger partial charge in [0.2, 0.25) is 5.91 Å². The molecule has 0 radical (unpaired) electrons. The minimum atomic E-state index is -0.314. The van der Waals surface area contributed by atoms with E-state index in [0.717, 1.165) is 17.8 Å². The molecule has 1 saturated heterocycles. The summed E-state index contributed by atoms with van der Waals surface area (Å²) in [7, 11) is 0. The first kappa shape index (κ1) is 18.9. The van der Waals surface area contributed by atoms with E-state index in [2.05, 4.69) is 21.3 Å². The lowest BCUT2D eigenvalue weighted by molar-refractivity contribution is -0.122. The average molecular weight is 368 g/mol. The molecule has 0 aliphatic carbocycles. The topological polar surface area (TPSA) is 91.5 Å². The zero-order valence-electron chi connectivity index (χ0n) is 15.0. The molecule has 0 spiro atoms. The summed E-state index contributed by atoms with van der Waals surface area (Å²) < 4.78 is 5.35. The fourth-order valence-electron chi connectivity index (χ4n) is 2.82. The highest BCUT2D eigenvalue weighted by atomic mass is 16.5. The number of para-hydroxylation sites is 1. The third-order valence-corrected chi connectivity index (χ3v) is 4.14. The van der Waals surface area contributed by atoms with Crippen molar-refractivity contribution in [3.05, 3.63) is 60.2 Å². The van der Waals surface area contributed by atoms with Crippen molar-refractivity contribution in [2.75, 3.05) is 30.4 Å². The molecule has 7 nitrogen and oxygen atoms in total. The molecule has 1 atom stereocenters. The van der Waals surface area contributed by atoms with Gasteiger partial charge in [0.15, 0.2) is 0 Å². The molecular formula is C20H24N4O3. The number of benzene rings is 2. The first-order valence-corrected chi connectivity index (χ1v) is 8.99. The van der Waals surface area contributed by atoms with E-state index in [0.29, 0.717) is 31.9 Å². The summed E-state index contributed by atoms with van der Waals surface area (Å²) in [5.41, 5.74) is 2.30. The third kappa shape index (κ3) is 6.40. The fraction of sp³-hybridized carbons (Fsp3) is 0.300. The number of ether oxygens (including phenoxy) is 1. The van der Waals surface area contributed by atoms with E-state index in [1.807, 2.05) is 48.5 Å². The molecule has 0 bridgehead atoms. The van der Waals surface area contributed by atoms with Crippen LogP contribution in [-0.2, 0) is 16.1 Å². The normalized spacial score (nSPS) is 16.4. The maximum absolute atomic E-state index is 12.1. The van der Waals surface area contributed by atoms with Crippen LogP contribution in [0.4, 0.5) is 16.2 Å². The van der Waals surface area contributed by atoms with Gasteiger partial charge in [-0.2, -0.15) is 0 Å². The van der Waals surface area contributed by atoms with Crippen LogP contribution < -0.4 is 21.3 Å². The second-order valence-electron chi connectivity index (χ2n) is 6.35. The average Bonchev–Trinajstić information content (AvgIpc) is 2.68. The van der Waals surface area contributed by atoms with Gasteiger partial charge in [-0.1, -0.05) is 30.3 Å². The molecule has 27 heavy (non-hydrogen) atoms. The number of nitrogens with one attached hydrogen (secondary N) is 4. The van der Waals surface area contributed by atoms with E-state index < -0.39 is 0 Å². The lowest BCUT2D eigenvalue weighted by Gasteiger charge is -2.23. The summed E-state index contributed by atoms with van der Waals surface area (Å²) in [6, 6.07) is 16.4. The standard InChI is InChI=1S/C20H24N4O3/c25-19(12-18-14-27-10-9-21-18)22-13-15-5-4-8-17(11-15)24-20(26)23-16-6-2-1-3-7-16/h1-8,11,18,21H,9-10,12-14H2,(H,22,25)(H2,23,24,26). The van der Waals surface area contributed by atoms with Crippen LogP contribution in [0.25, 0.3) is 0 Å². The van der Waals surface area contributed by atoms with Crippen LogP contribution >= 0.6 is 0 Å². The number of hydrogen-bond donors (Lipinski definition) is 4. The molecule has 1 fully saturated rings. The molecule has 1 aliphatic heterocycles. The number of morpholine rings is 1. The minimum absolute atomic E-state index is 0.0295. The van der Waals surface area contributed by atoms with Crippen molar-refractivity contribution >= 4 is 23.3 Å². The van der Waals surface area contributed by atoms with Crippen LogP contribution in [0.1, 0.15) is 12.0 Å². The van der Waals surface area contributed by atoms with Crippen LogP contribution in [0.2, 0.25) is 0 Å². The molecule has 0 saturated carbocycles. The second kappa shape index (κ2) is 9.70. The Bertz CT molecular complexity index is 761. The van der Waals surface area contributed by atoms with Crippen molar-refractivity contribution in [3.8, 4) is 0 Å². The molecular weight excluding hydrogens is 344 g/mol. The molecule has 1 unspecified atom stereocenters.